The van der Waals surface area contributed by atoms with E-state index >= 15 is 0 Å². The van der Waals surface area contributed by atoms with E-state index in [-0.39, 0.29) is 22.0 Å². The molecule has 1 aliphatic heterocycles. The lowest BCUT2D eigenvalue weighted by Crippen LogP contribution is -2.29. The number of nitro groups is 1. The lowest BCUT2D eigenvalue weighted by atomic mass is 9.95. The number of carbonyl (C=O) groups is 2. The van der Waals surface area contributed by atoms with Gasteiger partial charge in [-0.1, -0.05) is 64.5 Å². The largest absolute Gasteiger partial charge is 0.507 e. The van der Waals surface area contributed by atoms with Crippen LogP contribution in [0.3, 0.4) is 0 Å². The van der Waals surface area contributed by atoms with Crippen LogP contribution in [0.15, 0.2) is 70.6 Å². The minimum atomic E-state index is -1.21. The highest BCUT2D eigenvalue weighted by Gasteiger charge is 2.48. The van der Waals surface area contributed by atoms with Gasteiger partial charge >= 0.3 is 5.91 Å². The summed E-state index contributed by atoms with van der Waals surface area (Å²) < 4.78 is 14.8. The number of nitrogens with zero attached hydrogens (tertiary/aromatic N) is 4. The lowest BCUT2D eigenvalue weighted by Gasteiger charge is -2.22. The average Bonchev–Trinajstić information content (AvgIpc) is 3.51. The molecule has 1 saturated heterocycles. The first-order valence-corrected chi connectivity index (χ1v) is 14.3. The van der Waals surface area contributed by atoms with Gasteiger partial charge in [0.05, 0.1) is 16.5 Å². The van der Waals surface area contributed by atoms with Crippen LogP contribution in [0.2, 0.25) is 10.0 Å². The van der Waals surface area contributed by atoms with E-state index in [0.717, 1.165) is 27.9 Å². The van der Waals surface area contributed by atoms with Gasteiger partial charge in [0.15, 0.2) is 4.34 Å². The Bertz CT molecular complexity index is 1750. The molecule has 0 saturated carbocycles. The summed E-state index contributed by atoms with van der Waals surface area (Å²) in [5.41, 5.74) is 0.890. The molecule has 5 rings (SSSR count). The van der Waals surface area contributed by atoms with Crippen LogP contribution in [0.4, 0.5) is 15.2 Å². The van der Waals surface area contributed by atoms with E-state index in [0.29, 0.717) is 31.3 Å². The normalized spacial score (nSPS) is 16.4. The SMILES string of the molecule is Cc1ccc(C(O)=C2C(=O)C(=O)N(c3nnc(SCc4ccc(Cl)cc4Cl)s3)C2c2ccc([N+](=O)[O-])cc2)cc1F. The van der Waals surface area contributed by atoms with E-state index < -0.39 is 34.2 Å². The minimum Gasteiger partial charge on any atom is -0.507 e. The summed E-state index contributed by atoms with van der Waals surface area (Å²) in [6.07, 6.45) is 0. The summed E-state index contributed by atoms with van der Waals surface area (Å²) in [5.74, 6) is -2.79. The summed E-state index contributed by atoms with van der Waals surface area (Å²) in [7, 11) is 0. The molecule has 9 nitrogen and oxygen atoms in total. The molecular weight excluding hydrogens is 614 g/mol. The number of benzene rings is 3. The molecule has 1 N–H and O–H groups in total. The van der Waals surface area contributed by atoms with Gasteiger partial charge in [-0.3, -0.25) is 24.6 Å². The van der Waals surface area contributed by atoms with E-state index in [1.54, 1.807) is 25.1 Å². The number of anilines is 1. The molecule has 1 atom stereocenters. The van der Waals surface area contributed by atoms with E-state index in [1.165, 1.54) is 48.2 Å². The Morgan fingerprint density at radius 2 is 1.85 bits per heavy atom. The maximum Gasteiger partial charge on any atom is 0.301 e. The highest BCUT2D eigenvalue weighted by Crippen LogP contribution is 2.44. The maximum absolute atomic E-state index is 14.3. The summed E-state index contributed by atoms with van der Waals surface area (Å²) >= 11 is 14.6. The Morgan fingerprint density at radius 3 is 2.51 bits per heavy atom. The van der Waals surface area contributed by atoms with Crippen LogP contribution in [-0.2, 0) is 15.3 Å². The van der Waals surface area contributed by atoms with E-state index in [4.69, 9.17) is 23.2 Å². The van der Waals surface area contributed by atoms with Crippen LogP contribution < -0.4 is 4.90 Å². The zero-order valence-corrected chi connectivity index (χ0v) is 24.0. The number of aliphatic hydroxyl groups is 1. The number of aromatic nitrogens is 2. The number of carbonyl (C=O) groups excluding carboxylic acids is 2. The quantitative estimate of drug-likeness (QED) is 0.0435. The molecule has 1 aromatic heterocycles. The van der Waals surface area contributed by atoms with E-state index in [2.05, 4.69) is 10.2 Å². The Morgan fingerprint density at radius 1 is 1.12 bits per heavy atom. The predicted octanol–water partition coefficient (Wildman–Crippen LogP) is 7.12. The first-order valence-electron chi connectivity index (χ1n) is 11.8. The van der Waals surface area contributed by atoms with Crippen LogP contribution in [0, 0.1) is 22.9 Å². The number of nitro benzene ring substituents is 1. The van der Waals surface area contributed by atoms with E-state index in [9.17, 15) is 29.2 Å². The van der Waals surface area contributed by atoms with Gasteiger partial charge in [-0.2, -0.15) is 0 Å². The molecular formula is C27H17Cl2FN4O5S2. The molecule has 0 bridgehead atoms. The molecule has 1 aliphatic rings. The number of non-ortho nitro benzene ring substituents is 1. The molecule has 1 unspecified atom stereocenters. The molecule has 1 fully saturated rings. The zero-order chi connectivity index (χ0) is 29.4. The van der Waals surface area contributed by atoms with Crippen LogP contribution in [0.5, 0.6) is 0 Å². The van der Waals surface area contributed by atoms with Gasteiger partial charge in [0.2, 0.25) is 5.13 Å². The van der Waals surface area contributed by atoms with Crippen molar-refractivity contribution in [1.82, 2.24) is 10.2 Å². The Hall–Kier alpha value is -3.84. The summed E-state index contributed by atoms with van der Waals surface area (Å²) in [6.45, 7) is 1.54. The van der Waals surface area contributed by atoms with Crippen molar-refractivity contribution in [2.45, 2.75) is 23.1 Å². The van der Waals surface area contributed by atoms with Gasteiger partial charge in [0.1, 0.15) is 11.6 Å². The van der Waals surface area contributed by atoms with Gasteiger partial charge in [0, 0.05) is 33.5 Å². The number of hydrogen-bond donors (Lipinski definition) is 1. The third-order valence-corrected chi connectivity index (χ3v) is 8.97. The number of amides is 1. The number of aliphatic hydroxyl groups excluding tert-OH is 1. The molecule has 3 aromatic carbocycles. The van der Waals surface area contributed by atoms with Gasteiger partial charge in [0.25, 0.3) is 11.5 Å². The smallest absolute Gasteiger partial charge is 0.301 e. The maximum atomic E-state index is 14.3. The molecule has 14 heteroatoms. The fraction of sp³-hybridized carbons (Fsp3) is 0.111. The second kappa shape index (κ2) is 11.6. The fourth-order valence-electron chi connectivity index (χ4n) is 4.16. The van der Waals surface area contributed by atoms with Crippen molar-refractivity contribution in [2.75, 3.05) is 4.90 Å². The molecule has 41 heavy (non-hydrogen) atoms. The number of aryl methyl sites for hydroxylation is 1. The summed E-state index contributed by atoms with van der Waals surface area (Å²) in [6, 6.07) is 13.0. The highest BCUT2D eigenvalue weighted by atomic mass is 35.5. The second-order valence-corrected chi connectivity index (χ2v) is 11.9. The van der Waals surface area contributed by atoms with Crippen molar-refractivity contribution < 1.29 is 24.0 Å². The van der Waals surface area contributed by atoms with Crippen LogP contribution in [-0.4, -0.2) is 31.9 Å². The fourth-order valence-corrected chi connectivity index (χ4v) is 6.58. The lowest BCUT2D eigenvalue weighted by molar-refractivity contribution is -0.384. The number of ketones is 1. The van der Waals surface area contributed by atoms with Crippen molar-refractivity contribution in [1.29, 1.82) is 0 Å². The monoisotopic (exact) mass is 630 g/mol. The Labute approximate surface area is 250 Å². The number of halogens is 3. The van der Waals surface area contributed by atoms with Crippen LogP contribution in [0.1, 0.15) is 28.3 Å². The van der Waals surface area contributed by atoms with Crippen molar-refractivity contribution in [3.63, 3.8) is 0 Å². The van der Waals surface area contributed by atoms with Crippen molar-refractivity contribution in [3.05, 3.63) is 114 Å². The number of thioether (sulfide) groups is 1. The number of hydrogen-bond acceptors (Lipinski definition) is 9. The predicted molar refractivity (Wildman–Crippen MR) is 155 cm³/mol. The molecule has 208 valence electrons. The molecule has 4 aromatic rings. The average molecular weight is 631 g/mol. The van der Waals surface area contributed by atoms with Crippen LogP contribution >= 0.6 is 46.3 Å². The van der Waals surface area contributed by atoms with Gasteiger partial charge in [-0.15, -0.1) is 10.2 Å². The first kappa shape index (κ1) is 28.7. The zero-order valence-electron chi connectivity index (χ0n) is 20.9. The summed E-state index contributed by atoms with van der Waals surface area (Å²) in [4.78, 5) is 38.4. The molecule has 2 heterocycles. The second-order valence-electron chi connectivity index (χ2n) is 8.86. The first-order chi connectivity index (χ1) is 19.5. The highest BCUT2D eigenvalue weighted by molar-refractivity contribution is 8.00. The molecule has 0 aliphatic carbocycles. The Kier molecular flexibility index (Phi) is 8.09. The van der Waals surface area contributed by atoms with E-state index in [1.807, 2.05) is 0 Å². The molecule has 1 amide bonds. The summed E-state index contributed by atoms with van der Waals surface area (Å²) in [5, 5.41) is 31.7. The number of Topliss-reactive ketones (excluding diaryl/α,β-unsaturated/α-hetero) is 1. The number of rotatable bonds is 7. The Balaban J connectivity index is 1.55. The minimum absolute atomic E-state index is 0.00800. The van der Waals surface area contributed by atoms with Gasteiger partial charge in [-0.25, -0.2) is 4.39 Å². The third kappa shape index (κ3) is 5.68. The molecule has 0 radical (unpaired) electrons. The van der Waals surface area contributed by atoms with Gasteiger partial charge in [-0.05, 0) is 53.9 Å². The topological polar surface area (TPSA) is 127 Å². The van der Waals surface area contributed by atoms with Crippen LogP contribution in [0.25, 0.3) is 5.76 Å². The third-order valence-electron chi connectivity index (χ3n) is 6.28. The van der Waals surface area contributed by atoms with Crippen molar-refractivity contribution in [2.24, 2.45) is 0 Å². The van der Waals surface area contributed by atoms with Gasteiger partial charge < -0.3 is 5.11 Å². The molecule has 0 spiro atoms. The van der Waals surface area contributed by atoms with Crippen molar-refractivity contribution >= 4 is 74.6 Å². The van der Waals surface area contributed by atoms with Crippen molar-refractivity contribution in [3.8, 4) is 0 Å². The standard InChI is InChI=1S/C27H17Cl2FN4O5S2/c1-13-2-3-15(10-20(13)30)23(35)21-22(14-5-8-18(9-6-14)34(38)39)33(25(37)24(21)36)26-31-32-27(41-26)40-12-16-4-7-17(28)11-19(16)29/h2-11,22,35H,12H2,1H3.